The molecule has 0 aliphatic heterocycles. The fourth-order valence-corrected chi connectivity index (χ4v) is 3.13. The van der Waals surface area contributed by atoms with Gasteiger partial charge in [0.15, 0.2) is 0 Å². The van der Waals surface area contributed by atoms with E-state index in [0.717, 1.165) is 0 Å². The van der Waals surface area contributed by atoms with Crippen LogP contribution in [0.5, 0.6) is 0 Å². The van der Waals surface area contributed by atoms with Crippen LogP contribution in [0.3, 0.4) is 0 Å². The summed E-state index contributed by atoms with van der Waals surface area (Å²) in [6, 6.07) is 6.98. The molecule has 1 aromatic carbocycles. The van der Waals surface area contributed by atoms with Crippen LogP contribution in [0.1, 0.15) is 18.9 Å². The summed E-state index contributed by atoms with van der Waals surface area (Å²) in [5, 5.41) is 18.9. The summed E-state index contributed by atoms with van der Waals surface area (Å²) < 4.78 is 0.651. The number of halogens is 1. The molecule has 0 fully saturated rings. The smallest absolute Gasteiger partial charge is 0.331 e. The molecule has 2 rings (SSSR count). The van der Waals surface area contributed by atoms with E-state index in [1.54, 1.807) is 37.3 Å². The lowest BCUT2D eigenvalue weighted by Gasteiger charge is -2.31. The normalized spacial score (nSPS) is 21.9. The Morgan fingerprint density at radius 1 is 1.25 bits per heavy atom. The maximum absolute atomic E-state index is 11.9. The van der Waals surface area contributed by atoms with Gasteiger partial charge < -0.3 is 10.2 Å². The third-order valence-electron chi connectivity index (χ3n) is 3.36. The van der Waals surface area contributed by atoms with Crippen LogP contribution < -0.4 is 0 Å². The minimum Gasteiger partial charge on any atom is -0.480 e. The van der Waals surface area contributed by atoms with Crippen molar-refractivity contribution in [2.24, 2.45) is 0 Å². The second kappa shape index (κ2) is 5.25. The Kier molecular flexibility index (Phi) is 3.81. The van der Waals surface area contributed by atoms with Gasteiger partial charge in [-0.3, -0.25) is 4.79 Å². The topological polar surface area (TPSA) is 74.6 Å². The molecule has 20 heavy (non-hydrogen) atoms. The first kappa shape index (κ1) is 14.5. The first-order valence-electron chi connectivity index (χ1n) is 5.98. The van der Waals surface area contributed by atoms with E-state index in [1.807, 2.05) is 0 Å². The SMILES string of the molecule is CC1=CC(C(=O)O)(c2ccccc2Br)CC(C(=O)O)=C1. The van der Waals surface area contributed by atoms with Crippen molar-refractivity contribution < 1.29 is 19.8 Å². The summed E-state index contributed by atoms with van der Waals surface area (Å²) in [5.74, 6) is -2.15. The van der Waals surface area contributed by atoms with Crippen LogP contribution in [0.25, 0.3) is 0 Å². The molecule has 0 radical (unpaired) electrons. The molecular formula is C15H13BrO4. The highest BCUT2D eigenvalue weighted by Gasteiger charge is 2.43. The molecule has 0 aromatic heterocycles. The van der Waals surface area contributed by atoms with Crippen LogP contribution in [0, 0.1) is 0 Å². The van der Waals surface area contributed by atoms with E-state index in [4.69, 9.17) is 0 Å². The second-order valence-electron chi connectivity index (χ2n) is 4.80. The maximum atomic E-state index is 11.9. The Balaban J connectivity index is 2.65. The van der Waals surface area contributed by atoms with Gasteiger partial charge in [-0.05, 0) is 24.6 Å². The molecule has 0 spiro atoms. The molecule has 0 saturated carbocycles. The van der Waals surface area contributed by atoms with Gasteiger partial charge >= 0.3 is 11.9 Å². The van der Waals surface area contributed by atoms with Gasteiger partial charge in [-0.25, -0.2) is 4.79 Å². The highest BCUT2D eigenvalue weighted by atomic mass is 79.9. The predicted octanol–water partition coefficient (Wildman–Crippen LogP) is 3.13. The van der Waals surface area contributed by atoms with Gasteiger partial charge in [-0.1, -0.05) is 45.8 Å². The number of carboxylic acid groups (broad SMARTS) is 2. The van der Waals surface area contributed by atoms with E-state index in [-0.39, 0.29) is 12.0 Å². The summed E-state index contributed by atoms with van der Waals surface area (Å²) in [6.45, 7) is 1.70. The number of aliphatic carboxylic acids is 2. The van der Waals surface area contributed by atoms with Crippen molar-refractivity contribution in [3.63, 3.8) is 0 Å². The average molecular weight is 337 g/mol. The van der Waals surface area contributed by atoms with E-state index in [2.05, 4.69) is 15.9 Å². The van der Waals surface area contributed by atoms with Crippen molar-refractivity contribution in [2.75, 3.05) is 0 Å². The van der Waals surface area contributed by atoms with Crippen LogP contribution in [-0.2, 0) is 15.0 Å². The van der Waals surface area contributed by atoms with Crippen molar-refractivity contribution in [3.05, 3.63) is 57.6 Å². The number of benzene rings is 1. The van der Waals surface area contributed by atoms with E-state index >= 15 is 0 Å². The predicted molar refractivity (Wildman–Crippen MR) is 77.5 cm³/mol. The Morgan fingerprint density at radius 2 is 1.90 bits per heavy atom. The van der Waals surface area contributed by atoms with E-state index in [9.17, 15) is 19.8 Å². The van der Waals surface area contributed by atoms with Crippen LogP contribution >= 0.6 is 15.9 Å². The Hall–Kier alpha value is -1.88. The standard InChI is InChI=1S/C15H13BrO4/c1-9-6-10(13(17)18)8-15(7-9,14(19)20)11-4-2-3-5-12(11)16/h2-7H,8H2,1H3,(H,17,18)(H,19,20). The van der Waals surface area contributed by atoms with Crippen LogP contribution in [0.15, 0.2) is 52.0 Å². The van der Waals surface area contributed by atoms with Gasteiger partial charge in [-0.2, -0.15) is 0 Å². The second-order valence-corrected chi connectivity index (χ2v) is 5.65. The lowest BCUT2D eigenvalue weighted by Crippen LogP contribution is -2.37. The Labute approximate surface area is 124 Å². The number of carbonyl (C=O) groups is 2. The summed E-state index contributed by atoms with van der Waals surface area (Å²) >= 11 is 3.35. The zero-order valence-electron chi connectivity index (χ0n) is 10.8. The Bertz CT molecular complexity index is 645. The van der Waals surface area contributed by atoms with E-state index < -0.39 is 17.4 Å². The minimum atomic E-state index is -1.35. The lowest BCUT2D eigenvalue weighted by atomic mass is 9.71. The molecule has 0 amide bonds. The van der Waals surface area contributed by atoms with Gasteiger partial charge in [0.05, 0.1) is 0 Å². The van der Waals surface area contributed by atoms with Gasteiger partial charge in [-0.15, -0.1) is 0 Å². The van der Waals surface area contributed by atoms with E-state index in [1.165, 1.54) is 6.08 Å². The average Bonchev–Trinajstić information content (AvgIpc) is 2.38. The number of hydrogen-bond donors (Lipinski definition) is 2. The summed E-state index contributed by atoms with van der Waals surface area (Å²) in [7, 11) is 0. The van der Waals surface area contributed by atoms with Gasteiger partial charge in [0.25, 0.3) is 0 Å². The highest BCUT2D eigenvalue weighted by Crippen LogP contribution is 2.41. The van der Waals surface area contributed by atoms with Crippen molar-refractivity contribution in [3.8, 4) is 0 Å². The summed E-state index contributed by atoms with van der Waals surface area (Å²) in [4.78, 5) is 23.1. The molecule has 1 atom stereocenters. The zero-order valence-corrected chi connectivity index (χ0v) is 12.3. The van der Waals surface area contributed by atoms with Crippen molar-refractivity contribution >= 4 is 27.9 Å². The fraction of sp³-hybridized carbons (Fsp3) is 0.200. The highest BCUT2D eigenvalue weighted by molar-refractivity contribution is 9.10. The van der Waals surface area contributed by atoms with Crippen molar-refractivity contribution in [1.82, 2.24) is 0 Å². The molecule has 104 valence electrons. The monoisotopic (exact) mass is 336 g/mol. The molecule has 1 unspecified atom stereocenters. The minimum absolute atomic E-state index is 0.0718. The quantitative estimate of drug-likeness (QED) is 0.889. The molecular weight excluding hydrogens is 324 g/mol. The molecule has 1 aromatic rings. The third kappa shape index (κ3) is 2.41. The molecule has 2 N–H and O–H groups in total. The maximum Gasteiger partial charge on any atom is 0.331 e. The van der Waals surface area contributed by atoms with Gasteiger partial charge in [0, 0.05) is 16.5 Å². The molecule has 1 aliphatic carbocycles. The van der Waals surface area contributed by atoms with E-state index in [0.29, 0.717) is 15.6 Å². The first-order valence-corrected chi connectivity index (χ1v) is 6.78. The van der Waals surface area contributed by atoms with Crippen LogP contribution in [0.4, 0.5) is 0 Å². The van der Waals surface area contributed by atoms with Crippen LogP contribution in [0.2, 0.25) is 0 Å². The number of rotatable bonds is 3. The first-order chi connectivity index (χ1) is 9.36. The summed E-state index contributed by atoms with van der Waals surface area (Å²) in [6.07, 6.45) is 3.06. The van der Waals surface area contributed by atoms with Crippen molar-refractivity contribution in [1.29, 1.82) is 0 Å². The molecule has 0 heterocycles. The number of allylic oxidation sites excluding steroid dienone is 2. The molecule has 0 bridgehead atoms. The van der Waals surface area contributed by atoms with Crippen LogP contribution in [-0.4, -0.2) is 22.2 Å². The number of hydrogen-bond acceptors (Lipinski definition) is 2. The molecule has 4 nitrogen and oxygen atoms in total. The number of carboxylic acids is 2. The van der Waals surface area contributed by atoms with Gasteiger partial charge in [0.2, 0.25) is 0 Å². The largest absolute Gasteiger partial charge is 0.480 e. The third-order valence-corrected chi connectivity index (χ3v) is 4.05. The molecule has 1 aliphatic rings. The molecule has 5 heteroatoms. The molecule has 0 saturated heterocycles. The van der Waals surface area contributed by atoms with Crippen molar-refractivity contribution in [2.45, 2.75) is 18.8 Å². The zero-order chi connectivity index (χ0) is 14.9. The lowest BCUT2D eigenvalue weighted by molar-refractivity contribution is -0.142. The van der Waals surface area contributed by atoms with Gasteiger partial charge in [0.1, 0.15) is 5.41 Å². The summed E-state index contributed by atoms with van der Waals surface area (Å²) in [5.41, 5.74) is -0.0687. The fourth-order valence-electron chi connectivity index (χ4n) is 2.49. The Morgan fingerprint density at radius 3 is 2.45 bits per heavy atom.